The van der Waals surface area contributed by atoms with Crippen molar-refractivity contribution in [2.75, 3.05) is 5.32 Å². The molecule has 0 saturated heterocycles. The number of rotatable bonds is 6. The van der Waals surface area contributed by atoms with E-state index in [0.29, 0.717) is 29.2 Å². The lowest BCUT2D eigenvalue weighted by Gasteiger charge is -2.17. The van der Waals surface area contributed by atoms with Crippen LogP contribution in [0.2, 0.25) is 0 Å². The summed E-state index contributed by atoms with van der Waals surface area (Å²) >= 11 is 0. The highest BCUT2D eigenvalue weighted by molar-refractivity contribution is 5.98. The van der Waals surface area contributed by atoms with Gasteiger partial charge in [-0.1, -0.05) is 47.6 Å². The molecule has 0 saturated carbocycles. The number of hydrogen-bond donors (Lipinski definition) is 1. The van der Waals surface area contributed by atoms with Crippen molar-refractivity contribution >= 4 is 17.7 Å². The number of nitrogens with one attached hydrogen (secondary N) is 1. The third-order valence-corrected chi connectivity index (χ3v) is 3.92. The maximum Gasteiger partial charge on any atom is 0.344 e. The Balaban J connectivity index is 1.87. The van der Waals surface area contributed by atoms with Gasteiger partial charge in [0.2, 0.25) is 6.10 Å². The number of benzene rings is 1. The zero-order valence-corrected chi connectivity index (χ0v) is 15.2. The van der Waals surface area contributed by atoms with E-state index in [1.54, 1.807) is 50.2 Å². The number of aromatic nitrogens is 2. The van der Waals surface area contributed by atoms with E-state index in [4.69, 9.17) is 13.8 Å². The molecule has 0 radical (unpaired) electrons. The van der Waals surface area contributed by atoms with Crippen LogP contribution in [0.1, 0.15) is 46.2 Å². The number of esters is 1. The van der Waals surface area contributed by atoms with Crippen LogP contribution >= 0.6 is 0 Å². The Bertz CT molecular complexity index is 945. The molecule has 0 spiro atoms. The first-order valence-corrected chi connectivity index (χ1v) is 8.44. The smallest absolute Gasteiger partial charge is 0.344 e. The van der Waals surface area contributed by atoms with Crippen molar-refractivity contribution in [2.24, 2.45) is 0 Å². The largest absolute Gasteiger partial charge is 0.444 e. The van der Waals surface area contributed by atoms with Crippen LogP contribution in [-0.2, 0) is 16.0 Å². The lowest BCUT2D eigenvalue weighted by Crippen LogP contribution is -2.26. The molecule has 0 unspecified atom stereocenters. The van der Waals surface area contributed by atoms with E-state index in [0.717, 1.165) is 0 Å². The van der Waals surface area contributed by atoms with Gasteiger partial charge in [0, 0.05) is 11.6 Å². The molecule has 3 aromatic rings. The Morgan fingerprint density at radius 3 is 2.52 bits per heavy atom. The van der Waals surface area contributed by atoms with Gasteiger partial charge in [0.25, 0.3) is 5.91 Å². The predicted octanol–water partition coefficient (Wildman–Crippen LogP) is 3.38. The molecule has 1 aromatic carbocycles. The molecule has 0 aliphatic heterocycles. The number of carbonyl (C=O) groups is 2. The molecule has 0 fully saturated rings. The molecular weight excluding hydrogens is 350 g/mol. The van der Waals surface area contributed by atoms with Gasteiger partial charge in [0.05, 0.1) is 5.69 Å². The van der Waals surface area contributed by atoms with Gasteiger partial charge in [-0.2, -0.15) is 0 Å². The third kappa shape index (κ3) is 4.05. The Hall–Kier alpha value is -3.42. The quantitative estimate of drug-likeness (QED) is 0.664. The Labute approximate surface area is 155 Å². The predicted molar refractivity (Wildman–Crippen MR) is 95.1 cm³/mol. The molecule has 27 heavy (non-hydrogen) atoms. The summed E-state index contributed by atoms with van der Waals surface area (Å²) in [7, 11) is 0. The third-order valence-electron chi connectivity index (χ3n) is 3.92. The zero-order valence-electron chi connectivity index (χ0n) is 15.2. The first-order chi connectivity index (χ1) is 13.0. The molecule has 1 atom stereocenters. The van der Waals surface area contributed by atoms with Crippen molar-refractivity contribution < 1.29 is 23.4 Å². The Morgan fingerprint density at radius 1 is 1.15 bits per heavy atom. The molecule has 0 bridgehead atoms. The summed E-state index contributed by atoms with van der Waals surface area (Å²) in [5.74, 6) is -0.0896. The fourth-order valence-corrected chi connectivity index (χ4v) is 2.60. The molecule has 2 heterocycles. The van der Waals surface area contributed by atoms with Crippen LogP contribution in [0.5, 0.6) is 0 Å². The van der Waals surface area contributed by atoms with Crippen LogP contribution < -0.4 is 5.32 Å². The van der Waals surface area contributed by atoms with Crippen molar-refractivity contribution in [3.8, 4) is 0 Å². The fourth-order valence-electron chi connectivity index (χ4n) is 2.60. The van der Waals surface area contributed by atoms with E-state index >= 15 is 0 Å². The fraction of sp³-hybridized carbons (Fsp3) is 0.263. The van der Waals surface area contributed by atoms with Gasteiger partial charge in [0.1, 0.15) is 17.1 Å². The lowest BCUT2D eigenvalue weighted by atomic mass is 10.1. The summed E-state index contributed by atoms with van der Waals surface area (Å²) in [5, 5.41) is 10.2. The van der Waals surface area contributed by atoms with Crippen LogP contribution in [0, 0.1) is 13.8 Å². The minimum atomic E-state index is -1.17. The number of amides is 1. The van der Waals surface area contributed by atoms with Crippen LogP contribution in [0.15, 0.2) is 45.4 Å². The second kappa shape index (κ2) is 7.86. The number of aryl methyl sites for hydroxylation is 3. The number of ether oxygens (including phenoxy) is 1. The molecular formula is C19H19N3O5. The molecule has 0 aliphatic rings. The van der Waals surface area contributed by atoms with Gasteiger partial charge in [0.15, 0.2) is 5.82 Å². The highest BCUT2D eigenvalue weighted by Crippen LogP contribution is 2.24. The maximum absolute atomic E-state index is 12.8. The summed E-state index contributed by atoms with van der Waals surface area (Å²) in [6.45, 7) is 5.18. The summed E-state index contributed by atoms with van der Waals surface area (Å²) < 4.78 is 15.6. The van der Waals surface area contributed by atoms with Gasteiger partial charge in [-0.25, -0.2) is 4.79 Å². The average Bonchev–Trinajstić information content (AvgIpc) is 3.25. The standard InChI is InChI=1S/C19H19N3O5/c1-4-14-16(12(3)27-21-14)19(24)25-17(13-8-6-5-7-9-13)18(23)20-15-10-11(2)26-22-15/h5-10,17H,4H2,1-3H3,(H,20,22,23)/t17-/m0/s1. The summed E-state index contributed by atoms with van der Waals surface area (Å²) in [6.07, 6.45) is -0.669. The summed E-state index contributed by atoms with van der Waals surface area (Å²) in [6, 6.07) is 10.3. The number of nitrogens with zero attached hydrogens (tertiary/aromatic N) is 2. The van der Waals surface area contributed by atoms with Gasteiger partial charge in [-0.3, -0.25) is 4.79 Å². The molecule has 3 rings (SSSR count). The van der Waals surface area contributed by atoms with Gasteiger partial charge in [-0.15, -0.1) is 0 Å². The average molecular weight is 369 g/mol. The molecule has 1 amide bonds. The van der Waals surface area contributed by atoms with Gasteiger partial charge < -0.3 is 19.1 Å². The monoisotopic (exact) mass is 369 g/mol. The lowest BCUT2D eigenvalue weighted by molar-refractivity contribution is -0.125. The van der Waals surface area contributed by atoms with Crippen molar-refractivity contribution in [2.45, 2.75) is 33.3 Å². The second-order valence-corrected chi connectivity index (χ2v) is 5.92. The zero-order chi connectivity index (χ0) is 19.4. The summed E-state index contributed by atoms with van der Waals surface area (Å²) in [5.41, 5.74) is 1.25. The first kappa shape index (κ1) is 18.4. The highest BCUT2D eigenvalue weighted by atomic mass is 16.6. The minimum absolute atomic E-state index is 0.239. The van der Waals surface area contributed by atoms with Crippen molar-refractivity contribution in [3.63, 3.8) is 0 Å². The molecule has 8 heteroatoms. The Morgan fingerprint density at radius 2 is 1.89 bits per heavy atom. The molecule has 0 aliphatic carbocycles. The van der Waals surface area contributed by atoms with E-state index in [9.17, 15) is 9.59 Å². The molecule has 2 aromatic heterocycles. The van der Waals surface area contributed by atoms with E-state index in [1.807, 2.05) is 6.92 Å². The van der Waals surface area contributed by atoms with E-state index < -0.39 is 18.0 Å². The Kier molecular flexibility index (Phi) is 5.35. The normalized spacial score (nSPS) is 11.8. The van der Waals surface area contributed by atoms with Crippen LogP contribution in [0.3, 0.4) is 0 Å². The van der Waals surface area contributed by atoms with Crippen LogP contribution in [0.25, 0.3) is 0 Å². The van der Waals surface area contributed by atoms with Crippen LogP contribution in [-0.4, -0.2) is 22.2 Å². The minimum Gasteiger partial charge on any atom is -0.444 e. The van der Waals surface area contributed by atoms with E-state index in [2.05, 4.69) is 15.6 Å². The number of carbonyl (C=O) groups excluding carboxylic acids is 2. The van der Waals surface area contributed by atoms with Gasteiger partial charge >= 0.3 is 5.97 Å². The molecule has 8 nitrogen and oxygen atoms in total. The maximum atomic E-state index is 12.8. The van der Waals surface area contributed by atoms with Crippen molar-refractivity contribution in [1.29, 1.82) is 0 Å². The van der Waals surface area contributed by atoms with Crippen LogP contribution in [0.4, 0.5) is 5.82 Å². The molecule has 1 N–H and O–H groups in total. The summed E-state index contributed by atoms with van der Waals surface area (Å²) in [4.78, 5) is 25.5. The van der Waals surface area contributed by atoms with E-state index in [1.165, 1.54) is 0 Å². The van der Waals surface area contributed by atoms with E-state index in [-0.39, 0.29) is 11.4 Å². The second-order valence-electron chi connectivity index (χ2n) is 5.92. The molecule has 140 valence electrons. The topological polar surface area (TPSA) is 107 Å². The van der Waals surface area contributed by atoms with Crippen molar-refractivity contribution in [1.82, 2.24) is 10.3 Å². The van der Waals surface area contributed by atoms with Gasteiger partial charge in [-0.05, 0) is 20.3 Å². The SMILES string of the molecule is CCc1noc(C)c1C(=O)O[C@H](C(=O)Nc1cc(C)on1)c1ccccc1. The van der Waals surface area contributed by atoms with Crippen molar-refractivity contribution in [3.05, 3.63) is 64.7 Å². The number of hydrogen-bond acceptors (Lipinski definition) is 7. The highest BCUT2D eigenvalue weighted by Gasteiger charge is 2.29. The first-order valence-electron chi connectivity index (χ1n) is 8.44. The number of anilines is 1.